The van der Waals surface area contributed by atoms with Gasteiger partial charge in [-0.1, -0.05) is 24.3 Å². The largest absolute Gasteiger partial charge is 0.497 e. The molecule has 3 aromatic carbocycles. The first-order valence-electron chi connectivity index (χ1n) is 9.96. The minimum absolute atomic E-state index is 0.120. The van der Waals surface area contributed by atoms with Crippen molar-refractivity contribution in [3.8, 4) is 5.75 Å². The minimum atomic E-state index is -0.197. The molecule has 0 saturated heterocycles. The van der Waals surface area contributed by atoms with E-state index in [1.165, 1.54) is 0 Å². The number of benzene rings is 3. The van der Waals surface area contributed by atoms with Gasteiger partial charge in [0.05, 0.1) is 7.11 Å². The summed E-state index contributed by atoms with van der Waals surface area (Å²) in [4.78, 5) is 38.9. The van der Waals surface area contributed by atoms with E-state index in [-0.39, 0.29) is 17.5 Å². The molecule has 0 atom stereocenters. The molecule has 6 heteroatoms. The van der Waals surface area contributed by atoms with Gasteiger partial charge in [-0.05, 0) is 54.6 Å². The fourth-order valence-electron chi connectivity index (χ4n) is 3.50. The topological polar surface area (TPSA) is 72.5 Å². The van der Waals surface area contributed by atoms with Crippen LogP contribution < -0.4 is 10.1 Å². The van der Waals surface area contributed by atoms with Crippen LogP contribution in [0, 0.1) is 0 Å². The zero-order valence-electron chi connectivity index (χ0n) is 17.0. The zero-order chi connectivity index (χ0) is 21.8. The summed E-state index contributed by atoms with van der Waals surface area (Å²) in [6.07, 6.45) is 1.09. The van der Waals surface area contributed by atoms with Gasteiger partial charge < -0.3 is 10.1 Å². The number of nitrogens with one attached hydrogen (secondary N) is 1. The van der Waals surface area contributed by atoms with Crippen molar-refractivity contribution in [2.45, 2.75) is 17.7 Å². The molecule has 0 radical (unpaired) electrons. The van der Waals surface area contributed by atoms with Crippen LogP contribution in [0.3, 0.4) is 0 Å². The third-order valence-corrected chi connectivity index (χ3v) is 6.18. The van der Waals surface area contributed by atoms with Crippen molar-refractivity contribution in [1.29, 1.82) is 0 Å². The second kappa shape index (κ2) is 9.18. The lowest BCUT2D eigenvalue weighted by Crippen LogP contribution is -2.21. The molecule has 5 nitrogen and oxygen atoms in total. The highest BCUT2D eigenvalue weighted by molar-refractivity contribution is 7.99. The predicted octanol–water partition coefficient (Wildman–Crippen LogP) is 4.98. The highest BCUT2D eigenvalue weighted by atomic mass is 32.2. The van der Waals surface area contributed by atoms with Gasteiger partial charge in [0.15, 0.2) is 11.6 Å². The standard InChI is InChI=1S/C25H21NO4S/c1-30-17-9-11-18(12-10-17)31-14-4-7-23(27)26-16-8-13-21-22(15-16)25(29)20-6-3-2-5-19(20)24(21)28/h2-3,5-6,8-13,15H,4,7,14H2,1H3,(H,26,27). The van der Waals surface area contributed by atoms with Crippen molar-refractivity contribution in [3.63, 3.8) is 0 Å². The maximum atomic E-state index is 12.8. The number of rotatable bonds is 7. The molecule has 0 unspecified atom stereocenters. The van der Waals surface area contributed by atoms with Crippen LogP contribution in [-0.4, -0.2) is 30.3 Å². The first-order chi connectivity index (χ1) is 15.1. The Balaban J connectivity index is 1.34. The number of carbonyl (C=O) groups is 3. The van der Waals surface area contributed by atoms with Crippen LogP contribution >= 0.6 is 11.8 Å². The normalized spacial score (nSPS) is 12.2. The summed E-state index contributed by atoms with van der Waals surface area (Å²) in [6, 6.07) is 19.5. The number of hydrogen-bond acceptors (Lipinski definition) is 5. The van der Waals surface area contributed by atoms with E-state index in [0.717, 1.165) is 22.8 Å². The number of carbonyl (C=O) groups excluding carboxylic acids is 3. The maximum absolute atomic E-state index is 12.8. The molecular weight excluding hydrogens is 410 g/mol. The average Bonchev–Trinajstić information content (AvgIpc) is 2.80. The fraction of sp³-hybridized carbons (Fsp3) is 0.160. The summed E-state index contributed by atoms with van der Waals surface area (Å²) in [7, 11) is 1.63. The summed E-state index contributed by atoms with van der Waals surface area (Å²) >= 11 is 1.68. The number of amides is 1. The van der Waals surface area contributed by atoms with Gasteiger partial charge in [0, 0.05) is 39.3 Å². The second-order valence-corrected chi connectivity index (χ2v) is 8.31. The number of thioether (sulfide) groups is 1. The fourth-order valence-corrected chi connectivity index (χ4v) is 4.35. The van der Waals surface area contributed by atoms with Gasteiger partial charge in [0.2, 0.25) is 5.91 Å². The van der Waals surface area contributed by atoms with Gasteiger partial charge in [-0.3, -0.25) is 14.4 Å². The average molecular weight is 432 g/mol. The number of fused-ring (bicyclic) bond motifs is 2. The summed E-state index contributed by atoms with van der Waals surface area (Å²) in [5, 5.41) is 2.84. The van der Waals surface area contributed by atoms with E-state index in [1.54, 1.807) is 61.3 Å². The number of hydrogen-bond donors (Lipinski definition) is 1. The van der Waals surface area contributed by atoms with E-state index in [4.69, 9.17) is 4.74 Å². The molecule has 0 heterocycles. The van der Waals surface area contributed by atoms with Gasteiger partial charge in [-0.15, -0.1) is 11.8 Å². The molecule has 0 spiro atoms. The molecule has 31 heavy (non-hydrogen) atoms. The lowest BCUT2D eigenvalue weighted by Gasteiger charge is -2.18. The van der Waals surface area contributed by atoms with Crippen LogP contribution in [-0.2, 0) is 4.79 Å². The Morgan fingerprint density at radius 1 is 0.871 bits per heavy atom. The van der Waals surface area contributed by atoms with Crippen molar-refractivity contribution < 1.29 is 19.1 Å². The molecule has 0 aromatic heterocycles. The minimum Gasteiger partial charge on any atom is -0.497 e. The van der Waals surface area contributed by atoms with E-state index >= 15 is 0 Å². The van der Waals surface area contributed by atoms with Crippen molar-refractivity contribution in [2.24, 2.45) is 0 Å². The Morgan fingerprint density at radius 2 is 1.52 bits per heavy atom. The molecule has 1 aliphatic rings. The number of anilines is 1. The van der Waals surface area contributed by atoms with E-state index < -0.39 is 0 Å². The molecule has 0 bridgehead atoms. The quantitative estimate of drug-likeness (QED) is 0.330. The molecule has 0 aliphatic heterocycles. The molecule has 3 aromatic rings. The van der Waals surface area contributed by atoms with Gasteiger partial charge in [0.1, 0.15) is 5.75 Å². The zero-order valence-corrected chi connectivity index (χ0v) is 17.8. The monoisotopic (exact) mass is 431 g/mol. The molecule has 4 rings (SSSR count). The number of ketones is 2. The molecule has 0 fully saturated rings. The molecule has 1 N–H and O–H groups in total. The third-order valence-electron chi connectivity index (χ3n) is 5.09. The smallest absolute Gasteiger partial charge is 0.224 e. The molecule has 156 valence electrons. The maximum Gasteiger partial charge on any atom is 0.224 e. The summed E-state index contributed by atoms with van der Waals surface area (Å²) < 4.78 is 5.15. The number of ether oxygens (including phenoxy) is 1. The Hall–Kier alpha value is -3.38. The molecule has 0 saturated carbocycles. The Kier molecular flexibility index (Phi) is 6.18. The van der Waals surface area contributed by atoms with Gasteiger partial charge in [-0.2, -0.15) is 0 Å². The highest BCUT2D eigenvalue weighted by Crippen LogP contribution is 2.29. The van der Waals surface area contributed by atoms with E-state index in [1.807, 2.05) is 24.3 Å². The summed E-state index contributed by atoms with van der Waals surface area (Å²) in [5.41, 5.74) is 2.05. The van der Waals surface area contributed by atoms with Crippen LogP contribution in [0.2, 0.25) is 0 Å². The Labute approximate surface area is 184 Å². The Morgan fingerprint density at radius 3 is 2.19 bits per heavy atom. The SMILES string of the molecule is COc1ccc(SCCCC(=O)Nc2ccc3c(c2)C(=O)c2ccccc2C3=O)cc1. The lowest BCUT2D eigenvalue weighted by atomic mass is 9.84. The number of methoxy groups -OCH3 is 1. The van der Waals surface area contributed by atoms with Crippen molar-refractivity contribution in [2.75, 3.05) is 18.2 Å². The van der Waals surface area contributed by atoms with Crippen molar-refractivity contribution >= 4 is 34.9 Å². The predicted molar refractivity (Wildman–Crippen MR) is 121 cm³/mol. The summed E-state index contributed by atoms with van der Waals surface area (Å²) in [6.45, 7) is 0. The van der Waals surface area contributed by atoms with E-state index in [0.29, 0.717) is 34.4 Å². The molecule has 1 aliphatic carbocycles. The van der Waals surface area contributed by atoms with Crippen LogP contribution in [0.5, 0.6) is 5.75 Å². The lowest BCUT2D eigenvalue weighted by molar-refractivity contribution is -0.116. The Bertz CT molecular complexity index is 1150. The first kappa shape index (κ1) is 20.9. The molecular formula is C25H21NO4S. The van der Waals surface area contributed by atoms with Gasteiger partial charge in [-0.25, -0.2) is 0 Å². The second-order valence-electron chi connectivity index (χ2n) is 7.14. The highest BCUT2D eigenvalue weighted by Gasteiger charge is 2.29. The van der Waals surface area contributed by atoms with Gasteiger partial charge >= 0.3 is 0 Å². The van der Waals surface area contributed by atoms with Crippen LogP contribution in [0.1, 0.15) is 44.7 Å². The van der Waals surface area contributed by atoms with Gasteiger partial charge in [0.25, 0.3) is 0 Å². The van der Waals surface area contributed by atoms with Crippen molar-refractivity contribution in [3.05, 3.63) is 89.0 Å². The van der Waals surface area contributed by atoms with Crippen LogP contribution in [0.15, 0.2) is 71.6 Å². The third kappa shape index (κ3) is 4.54. The van der Waals surface area contributed by atoms with Crippen molar-refractivity contribution in [1.82, 2.24) is 0 Å². The summed E-state index contributed by atoms with van der Waals surface area (Å²) in [5.74, 6) is 1.15. The van der Waals surface area contributed by atoms with E-state index in [2.05, 4.69) is 5.32 Å². The first-order valence-corrected chi connectivity index (χ1v) is 10.9. The molecule has 1 amide bonds. The van der Waals surface area contributed by atoms with E-state index in [9.17, 15) is 14.4 Å². The van der Waals surface area contributed by atoms with Crippen LogP contribution in [0.25, 0.3) is 0 Å². The van der Waals surface area contributed by atoms with Crippen LogP contribution in [0.4, 0.5) is 5.69 Å².